The molecule has 2 aromatic rings. The minimum atomic E-state index is -0.353. The van der Waals surface area contributed by atoms with E-state index in [9.17, 15) is 4.79 Å². The Labute approximate surface area is 86.8 Å². The van der Waals surface area contributed by atoms with E-state index < -0.39 is 0 Å². The molecule has 0 bridgehead atoms. The van der Waals surface area contributed by atoms with Crippen molar-refractivity contribution in [1.82, 2.24) is 9.97 Å². The Morgan fingerprint density at radius 3 is 2.67 bits per heavy atom. The molecule has 1 unspecified atom stereocenters. The summed E-state index contributed by atoms with van der Waals surface area (Å²) >= 11 is 0. The van der Waals surface area contributed by atoms with Crippen molar-refractivity contribution < 1.29 is 0 Å². The summed E-state index contributed by atoms with van der Waals surface area (Å²) in [6, 6.07) is 10.6. The molecule has 1 heterocycles. The number of aromatic amines is 1. The number of aromatic nitrogens is 2. The van der Waals surface area contributed by atoms with Gasteiger partial charge in [-0.1, -0.05) is 30.3 Å². The predicted octanol–water partition coefficient (Wildman–Crippen LogP) is 0.818. The molecule has 0 amide bonds. The molecule has 0 fully saturated rings. The van der Waals surface area contributed by atoms with Crippen molar-refractivity contribution in [2.45, 2.75) is 6.04 Å². The summed E-state index contributed by atoms with van der Waals surface area (Å²) in [6.45, 7) is 0. The Balaban J connectivity index is 2.37. The quantitative estimate of drug-likeness (QED) is 0.755. The Kier molecular flexibility index (Phi) is 2.60. The van der Waals surface area contributed by atoms with Crippen molar-refractivity contribution in [3.63, 3.8) is 0 Å². The standard InChI is InChI=1S/C11H11N3O/c12-11(8-4-2-1-3-5-8)9-6-10(15)14-7-13-9/h1-7,11H,12H2,(H,13,14,15). The fourth-order valence-electron chi connectivity index (χ4n) is 1.38. The van der Waals surface area contributed by atoms with Gasteiger partial charge >= 0.3 is 0 Å². The third-order valence-electron chi connectivity index (χ3n) is 2.18. The molecule has 0 saturated heterocycles. The summed E-state index contributed by atoms with van der Waals surface area (Å²) < 4.78 is 0. The second-order valence-corrected chi connectivity index (χ2v) is 3.22. The Bertz CT molecular complexity index is 492. The monoisotopic (exact) mass is 201 g/mol. The van der Waals surface area contributed by atoms with Crippen LogP contribution in [0.3, 0.4) is 0 Å². The zero-order valence-corrected chi connectivity index (χ0v) is 8.05. The summed E-state index contributed by atoms with van der Waals surface area (Å²) in [5.74, 6) is 0. The highest BCUT2D eigenvalue weighted by Gasteiger charge is 2.09. The van der Waals surface area contributed by atoms with E-state index >= 15 is 0 Å². The van der Waals surface area contributed by atoms with Crippen molar-refractivity contribution in [3.8, 4) is 0 Å². The van der Waals surface area contributed by atoms with Crippen LogP contribution in [0.2, 0.25) is 0 Å². The van der Waals surface area contributed by atoms with Gasteiger partial charge in [0.15, 0.2) is 0 Å². The van der Waals surface area contributed by atoms with Crippen LogP contribution in [0.15, 0.2) is 47.5 Å². The number of H-pyrrole nitrogens is 1. The molecule has 76 valence electrons. The van der Waals surface area contributed by atoms with Crippen molar-refractivity contribution in [2.75, 3.05) is 0 Å². The first-order valence-electron chi connectivity index (χ1n) is 4.62. The van der Waals surface area contributed by atoms with Gasteiger partial charge in [-0.3, -0.25) is 4.79 Å². The lowest BCUT2D eigenvalue weighted by atomic mass is 10.1. The molecule has 0 saturated carbocycles. The molecule has 0 radical (unpaired) electrons. The van der Waals surface area contributed by atoms with Crippen molar-refractivity contribution in [1.29, 1.82) is 0 Å². The number of benzene rings is 1. The van der Waals surface area contributed by atoms with Crippen LogP contribution in [0.25, 0.3) is 0 Å². The zero-order valence-electron chi connectivity index (χ0n) is 8.05. The summed E-state index contributed by atoms with van der Waals surface area (Å²) in [6.07, 6.45) is 1.36. The highest BCUT2D eigenvalue weighted by atomic mass is 16.1. The lowest BCUT2D eigenvalue weighted by molar-refractivity contribution is 0.815. The number of rotatable bonds is 2. The molecule has 1 aromatic carbocycles. The summed E-state index contributed by atoms with van der Waals surface area (Å²) in [5.41, 5.74) is 7.30. The van der Waals surface area contributed by atoms with Gasteiger partial charge in [-0.15, -0.1) is 0 Å². The first kappa shape index (κ1) is 9.61. The van der Waals surface area contributed by atoms with Gasteiger partial charge in [0.05, 0.1) is 18.1 Å². The van der Waals surface area contributed by atoms with Crippen LogP contribution in [0, 0.1) is 0 Å². The van der Waals surface area contributed by atoms with Crippen LogP contribution < -0.4 is 11.3 Å². The van der Waals surface area contributed by atoms with Gasteiger partial charge < -0.3 is 10.7 Å². The van der Waals surface area contributed by atoms with Crippen molar-refractivity contribution >= 4 is 0 Å². The fraction of sp³-hybridized carbons (Fsp3) is 0.0909. The molecule has 2 rings (SSSR count). The van der Waals surface area contributed by atoms with Crippen molar-refractivity contribution in [3.05, 3.63) is 64.3 Å². The summed E-state index contributed by atoms with van der Waals surface area (Å²) in [7, 11) is 0. The maximum Gasteiger partial charge on any atom is 0.250 e. The first-order chi connectivity index (χ1) is 7.27. The van der Waals surface area contributed by atoms with Crippen LogP contribution in [0.1, 0.15) is 17.3 Å². The highest BCUT2D eigenvalue weighted by Crippen LogP contribution is 2.14. The van der Waals surface area contributed by atoms with Crippen LogP contribution >= 0.6 is 0 Å². The minimum absolute atomic E-state index is 0.189. The molecule has 4 nitrogen and oxygen atoms in total. The van der Waals surface area contributed by atoms with E-state index in [1.807, 2.05) is 30.3 Å². The summed E-state index contributed by atoms with van der Waals surface area (Å²) in [5, 5.41) is 0. The lowest BCUT2D eigenvalue weighted by Crippen LogP contribution is -2.17. The number of nitrogens with two attached hydrogens (primary N) is 1. The van der Waals surface area contributed by atoms with E-state index in [0.717, 1.165) is 5.56 Å². The van der Waals surface area contributed by atoms with Gasteiger partial charge in [0, 0.05) is 6.07 Å². The second kappa shape index (κ2) is 4.06. The van der Waals surface area contributed by atoms with Crippen LogP contribution in [0.5, 0.6) is 0 Å². The largest absolute Gasteiger partial charge is 0.319 e. The normalized spacial score (nSPS) is 12.3. The molecule has 0 aliphatic carbocycles. The van der Waals surface area contributed by atoms with Gasteiger partial charge in [0.2, 0.25) is 0 Å². The van der Waals surface area contributed by atoms with Gasteiger partial charge in [-0.2, -0.15) is 0 Å². The van der Waals surface area contributed by atoms with Crippen LogP contribution in [-0.4, -0.2) is 9.97 Å². The van der Waals surface area contributed by atoms with Crippen LogP contribution in [0.4, 0.5) is 0 Å². The second-order valence-electron chi connectivity index (χ2n) is 3.22. The van der Waals surface area contributed by atoms with E-state index in [1.54, 1.807) is 0 Å². The maximum absolute atomic E-state index is 11.1. The van der Waals surface area contributed by atoms with E-state index in [2.05, 4.69) is 9.97 Å². The first-order valence-corrected chi connectivity index (χ1v) is 4.62. The zero-order chi connectivity index (χ0) is 10.7. The number of hydrogen-bond acceptors (Lipinski definition) is 3. The highest BCUT2D eigenvalue weighted by molar-refractivity contribution is 5.25. The third kappa shape index (κ3) is 2.11. The molecule has 0 spiro atoms. The molecule has 1 aromatic heterocycles. The van der Waals surface area contributed by atoms with Gasteiger partial charge in [0.1, 0.15) is 0 Å². The number of nitrogens with zero attached hydrogens (tertiary/aromatic N) is 1. The fourth-order valence-corrected chi connectivity index (χ4v) is 1.38. The van der Waals surface area contributed by atoms with Crippen LogP contribution in [-0.2, 0) is 0 Å². The minimum Gasteiger partial charge on any atom is -0.319 e. The molecular formula is C11H11N3O. The van der Waals surface area contributed by atoms with E-state index in [-0.39, 0.29) is 11.6 Å². The molecule has 3 N–H and O–H groups in total. The molecule has 0 aliphatic heterocycles. The van der Waals surface area contributed by atoms with Gasteiger partial charge in [-0.05, 0) is 5.56 Å². The smallest absolute Gasteiger partial charge is 0.250 e. The Morgan fingerprint density at radius 2 is 2.00 bits per heavy atom. The molecule has 0 aliphatic rings. The molecular weight excluding hydrogens is 190 g/mol. The van der Waals surface area contributed by atoms with E-state index in [0.29, 0.717) is 5.69 Å². The lowest BCUT2D eigenvalue weighted by Gasteiger charge is -2.10. The van der Waals surface area contributed by atoms with Gasteiger partial charge in [-0.25, -0.2) is 4.98 Å². The number of nitrogens with one attached hydrogen (secondary N) is 1. The Morgan fingerprint density at radius 1 is 1.27 bits per heavy atom. The van der Waals surface area contributed by atoms with Crippen molar-refractivity contribution in [2.24, 2.45) is 5.73 Å². The molecule has 15 heavy (non-hydrogen) atoms. The van der Waals surface area contributed by atoms with Gasteiger partial charge in [0.25, 0.3) is 5.56 Å². The average Bonchev–Trinajstić information content (AvgIpc) is 2.29. The average molecular weight is 201 g/mol. The number of hydrogen-bond donors (Lipinski definition) is 2. The molecule has 1 atom stereocenters. The van der Waals surface area contributed by atoms with E-state index in [4.69, 9.17) is 5.73 Å². The topological polar surface area (TPSA) is 71.8 Å². The maximum atomic E-state index is 11.1. The SMILES string of the molecule is NC(c1ccccc1)c1cc(=O)[nH]cn1. The summed E-state index contributed by atoms with van der Waals surface area (Å²) in [4.78, 5) is 17.6. The Hall–Kier alpha value is -1.94. The third-order valence-corrected chi connectivity index (χ3v) is 2.18. The molecule has 4 heteroatoms. The van der Waals surface area contributed by atoms with E-state index in [1.165, 1.54) is 12.4 Å². The predicted molar refractivity (Wildman–Crippen MR) is 57.3 cm³/mol.